The first-order chi connectivity index (χ1) is 6.74. The molecule has 1 rings (SSSR count). The molecule has 0 aliphatic heterocycles. The highest BCUT2D eigenvalue weighted by atomic mass is 35.5. The fourth-order valence-electron chi connectivity index (χ4n) is 1.12. The fraction of sp³-hybridized carbons (Fsp3) is 0.400. The van der Waals surface area contributed by atoms with Gasteiger partial charge in [0.1, 0.15) is 5.82 Å². The Bertz CT molecular complexity index is 291. The van der Waals surface area contributed by atoms with Gasteiger partial charge in [0.05, 0.1) is 5.69 Å². The van der Waals surface area contributed by atoms with Crippen LogP contribution in [0.2, 0.25) is 5.02 Å². The zero-order chi connectivity index (χ0) is 10.4. The van der Waals surface area contributed by atoms with E-state index in [1.54, 1.807) is 6.07 Å². The van der Waals surface area contributed by atoms with E-state index < -0.39 is 0 Å². The first-order valence-corrected chi connectivity index (χ1v) is 4.95. The summed E-state index contributed by atoms with van der Waals surface area (Å²) in [6, 6.07) is 4.49. The summed E-state index contributed by atoms with van der Waals surface area (Å²) in [5.41, 5.74) is 0.466. The van der Waals surface area contributed by atoms with Crippen molar-refractivity contribution in [3.8, 4) is 0 Å². The van der Waals surface area contributed by atoms with Crippen molar-refractivity contribution in [3.05, 3.63) is 29.0 Å². The Labute approximate surface area is 88.5 Å². The van der Waals surface area contributed by atoms with Gasteiger partial charge in [-0.25, -0.2) is 4.39 Å². The molecule has 4 heteroatoms. The maximum Gasteiger partial charge on any atom is 0.146 e. The Kier molecular flexibility index (Phi) is 4.70. The van der Waals surface area contributed by atoms with E-state index >= 15 is 0 Å². The van der Waals surface area contributed by atoms with E-state index in [0.717, 1.165) is 19.5 Å². The van der Waals surface area contributed by atoms with Gasteiger partial charge in [0.25, 0.3) is 0 Å². The first-order valence-electron chi connectivity index (χ1n) is 4.57. The van der Waals surface area contributed by atoms with Crippen LogP contribution < -0.4 is 10.6 Å². The fourth-order valence-corrected chi connectivity index (χ4v) is 1.29. The van der Waals surface area contributed by atoms with Crippen molar-refractivity contribution in [2.45, 2.75) is 6.42 Å². The van der Waals surface area contributed by atoms with Crippen molar-refractivity contribution in [2.24, 2.45) is 0 Å². The number of rotatable bonds is 5. The Hall–Kier alpha value is -0.800. The zero-order valence-electron chi connectivity index (χ0n) is 8.11. The van der Waals surface area contributed by atoms with E-state index in [2.05, 4.69) is 10.6 Å². The Morgan fingerprint density at radius 3 is 2.86 bits per heavy atom. The van der Waals surface area contributed by atoms with Crippen molar-refractivity contribution < 1.29 is 4.39 Å². The van der Waals surface area contributed by atoms with E-state index in [1.165, 1.54) is 12.1 Å². The molecule has 1 aromatic rings. The van der Waals surface area contributed by atoms with E-state index in [1.807, 2.05) is 7.05 Å². The standard InChI is InChI=1S/C10H14ClFN2/c1-13-5-2-6-14-10-7-8(11)3-4-9(10)12/h3-4,7,13-14H,2,5-6H2,1H3. The molecule has 0 radical (unpaired) electrons. The van der Waals surface area contributed by atoms with Gasteiger partial charge in [-0.1, -0.05) is 11.6 Å². The van der Waals surface area contributed by atoms with Crippen molar-refractivity contribution >= 4 is 17.3 Å². The summed E-state index contributed by atoms with van der Waals surface area (Å²) in [5.74, 6) is -0.265. The molecule has 0 saturated heterocycles. The van der Waals surface area contributed by atoms with Crippen LogP contribution in [0.15, 0.2) is 18.2 Å². The summed E-state index contributed by atoms with van der Waals surface area (Å²) >= 11 is 5.74. The molecule has 2 N–H and O–H groups in total. The third kappa shape index (κ3) is 3.52. The lowest BCUT2D eigenvalue weighted by molar-refractivity contribution is 0.629. The number of hydrogen-bond donors (Lipinski definition) is 2. The number of benzene rings is 1. The number of hydrogen-bond acceptors (Lipinski definition) is 2. The van der Waals surface area contributed by atoms with Crippen LogP contribution in [0.4, 0.5) is 10.1 Å². The second kappa shape index (κ2) is 5.83. The largest absolute Gasteiger partial charge is 0.383 e. The van der Waals surface area contributed by atoms with Gasteiger partial charge in [0.15, 0.2) is 0 Å². The van der Waals surface area contributed by atoms with Crippen molar-refractivity contribution in [2.75, 3.05) is 25.5 Å². The lowest BCUT2D eigenvalue weighted by Crippen LogP contribution is -2.13. The topological polar surface area (TPSA) is 24.1 Å². The molecule has 0 amide bonds. The van der Waals surface area contributed by atoms with Crippen LogP contribution in [0.1, 0.15) is 6.42 Å². The predicted molar refractivity (Wildman–Crippen MR) is 58.4 cm³/mol. The smallest absolute Gasteiger partial charge is 0.146 e. The lowest BCUT2D eigenvalue weighted by Gasteiger charge is -2.07. The van der Waals surface area contributed by atoms with Crippen molar-refractivity contribution in [1.29, 1.82) is 0 Å². The van der Waals surface area contributed by atoms with Gasteiger partial charge in [-0.2, -0.15) is 0 Å². The minimum atomic E-state index is -0.265. The van der Waals surface area contributed by atoms with Gasteiger partial charge in [0, 0.05) is 11.6 Å². The predicted octanol–water partition coefficient (Wildman–Crippen LogP) is 2.50. The monoisotopic (exact) mass is 216 g/mol. The zero-order valence-corrected chi connectivity index (χ0v) is 8.87. The van der Waals surface area contributed by atoms with Gasteiger partial charge in [0.2, 0.25) is 0 Å². The molecule has 0 spiro atoms. The van der Waals surface area contributed by atoms with Crippen LogP contribution >= 0.6 is 11.6 Å². The molecule has 0 aromatic heterocycles. The summed E-state index contributed by atoms with van der Waals surface area (Å²) in [7, 11) is 1.89. The minimum absolute atomic E-state index is 0.265. The second-order valence-electron chi connectivity index (χ2n) is 3.01. The third-order valence-electron chi connectivity index (χ3n) is 1.85. The molecule has 14 heavy (non-hydrogen) atoms. The van der Waals surface area contributed by atoms with Crippen molar-refractivity contribution in [3.63, 3.8) is 0 Å². The maximum atomic E-state index is 13.1. The molecule has 0 fully saturated rings. The molecule has 0 saturated carbocycles. The summed E-state index contributed by atoms with van der Waals surface area (Å²) < 4.78 is 13.1. The highest BCUT2D eigenvalue weighted by Crippen LogP contribution is 2.19. The average Bonchev–Trinajstić information content (AvgIpc) is 2.18. The second-order valence-corrected chi connectivity index (χ2v) is 3.44. The summed E-state index contributed by atoms with van der Waals surface area (Å²) in [6.07, 6.45) is 0.947. The number of anilines is 1. The summed E-state index contributed by atoms with van der Waals surface area (Å²) in [4.78, 5) is 0. The SMILES string of the molecule is CNCCCNc1cc(Cl)ccc1F. The van der Waals surface area contributed by atoms with Crippen LogP contribution in [-0.2, 0) is 0 Å². The summed E-state index contributed by atoms with van der Waals surface area (Å²) in [6.45, 7) is 1.65. The lowest BCUT2D eigenvalue weighted by atomic mass is 10.3. The van der Waals surface area contributed by atoms with Crippen molar-refractivity contribution in [1.82, 2.24) is 5.32 Å². The molecular formula is C10H14ClFN2. The van der Waals surface area contributed by atoms with Crippen LogP contribution in [0.25, 0.3) is 0 Å². The Morgan fingerprint density at radius 1 is 1.36 bits per heavy atom. The molecule has 0 aliphatic carbocycles. The molecule has 78 valence electrons. The van der Waals surface area contributed by atoms with Gasteiger partial charge in [-0.15, -0.1) is 0 Å². The molecule has 0 bridgehead atoms. The normalized spacial score (nSPS) is 10.2. The molecule has 0 aliphatic rings. The highest BCUT2D eigenvalue weighted by Gasteiger charge is 2.00. The average molecular weight is 217 g/mol. The molecule has 2 nitrogen and oxygen atoms in total. The highest BCUT2D eigenvalue weighted by molar-refractivity contribution is 6.30. The van der Waals surface area contributed by atoms with E-state index in [-0.39, 0.29) is 5.82 Å². The van der Waals surface area contributed by atoms with Crippen LogP contribution in [-0.4, -0.2) is 20.1 Å². The van der Waals surface area contributed by atoms with Crippen LogP contribution in [0.3, 0.4) is 0 Å². The van der Waals surface area contributed by atoms with Gasteiger partial charge in [-0.3, -0.25) is 0 Å². The van der Waals surface area contributed by atoms with Crippen LogP contribution in [0, 0.1) is 5.82 Å². The third-order valence-corrected chi connectivity index (χ3v) is 2.08. The molecule has 0 unspecified atom stereocenters. The quantitative estimate of drug-likeness (QED) is 0.740. The molecule has 0 heterocycles. The molecule has 1 aromatic carbocycles. The van der Waals surface area contributed by atoms with Gasteiger partial charge in [-0.05, 0) is 38.2 Å². The minimum Gasteiger partial charge on any atom is -0.383 e. The van der Waals surface area contributed by atoms with E-state index in [9.17, 15) is 4.39 Å². The van der Waals surface area contributed by atoms with Gasteiger partial charge < -0.3 is 10.6 Å². The first kappa shape index (κ1) is 11.3. The van der Waals surface area contributed by atoms with Crippen LogP contribution in [0.5, 0.6) is 0 Å². The Morgan fingerprint density at radius 2 is 2.14 bits per heavy atom. The maximum absolute atomic E-state index is 13.1. The van der Waals surface area contributed by atoms with E-state index in [4.69, 9.17) is 11.6 Å². The van der Waals surface area contributed by atoms with E-state index in [0.29, 0.717) is 10.7 Å². The summed E-state index contributed by atoms with van der Waals surface area (Å²) in [5, 5.41) is 6.55. The Balaban J connectivity index is 2.45. The van der Waals surface area contributed by atoms with Gasteiger partial charge >= 0.3 is 0 Å². The number of halogens is 2. The number of nitrogens with one attached hydrogen (secondary N) is 2. The molecular weight excluding hydrogens is 203 g/mol. The molecule has 0 atom stereocenters.